The molecule has 10 heteroatoms. The van der Waals surface area contributed by atoms with Crippen LogP contribution in [0.15, 0.2) is 48.5 Å². The van der Waals surface area contributed by atoms with Gasteiger partial charge in [-0.2, -0.15) is 21.6 Å². The molecule has 0 atom stereocenters. The van der Waals surface area contributed by atoms with Crippen molar-refractivity contribution in [2.45, 2.75) is 5.51 Å². The number of fused-ring (bicyclic) bond motifs is 1. The summed E-state index contributed by atoms with van der Waals surface area (Å²) in [5.41, 5.74) is -4.07. The van der Waals surface area contributed by atoms with Crippen LogP contribution in [0.4, 0.5) is 23.7 Å². The topological polar surface area (TPSA) is 72.9 Å². The molecule has 142 valence electrons. The summed E-state index contributed by atoms with van der Waals surface area (Å²) in [4.78, 5) is 13.3. The molecule has 1 heterocycles. The summed E-state index contributed by atoms with van der Waals surface area (Å²) in [7, 11) is -4.24. The number of carbonyl (C=O) groups excluding carboxylic acids is 1. The fourth-order valence-corrected chi connectivity index (χ4v) is 2.83. The van der Waals surface area contributed by atoms with Crippen molar-refractivity contribution in [3.8, 4) is 5.75 Å². The molecule has 2 aromatic carbocycles. The molecule has 0 N–H and O–H groups in total. The van der Waals surface area contributed by atoms with E-state index in [-0.39, 0.29) is 11.3 Å². The quantitative estimate of drug-likeness (QED) is 0.576. The van der Waals surface area contributed by atoms with Gasteiger partial charge in [0.05, 0.1) is 5.69 Å². The third-order valence-corrected chi connectivity index (χ3v) is 4.63. The summed E-state index contributed by atoms with van der Waals surface area (Å²) in [5, 5.41) is 0. The number of para-hydroxylation sites is 1. The second-order valence-electron chi connectivity index (χ2n) is 5.51. The van der Waals surface area contributed by atoms with Crippen LogP contribution in [0.2, 0.25) is 0 Å². The SMILES string of the molecule is CN1C(=O)O/C(=C\c2cccc(OS(=O)(=O)C(F)(F)F)c2)c2ccccc21. The highest BCUT2D eigenvalue weighted by Gasteiger charge is 2.48. The lowest BCUT2D eigenvalue weighted by Crippen LogP contribution is -2.31. The van der Waals surface area contributed by atoms with Crippen molar-refractivity contribution in [2.75, 3.05) is 11.9 Å². The molecule has 6 nitrogen and oxygen atoms in total. The van der Waals surface area contributed by atoms with Crippen LogP contribution in [0.25, 0.3) is 11.8 Å². The molecule has 0 aliphatic carbocycles. The minimum Gasteiger partial charge on any atom is -0.409 e. The number of nitrogens with zero attached hydrogens (tertiary/aromatic N) is 1. The zero-order valence-electron chi connectivity index (χ0n) is 13.7. The van der Waals surface area contributed by atoms with Gasteiger partial charge in [0.25, 0.3) is 0 Å². The Morgan fingerprint density at radius 3 is 2.52 bits per heavy atom. The van der Waals surface area contributed by atoms with E-state index in [0.29, 0.717) is 11.3 Å². The molecule has 1 aliphatic heterocycles. The highest BCUT2D eigenvalue weighted by atomic mass is 32.2. The van der Waals surface area contributed by atoms with E-state index in [9.17, 15) is 26.4 Å². The first-order chi connectivity index (χ1) is 12.6. The van der Waals surface area contributed by atoms with Crippen LogP contribution in [0.3, 0.4) is 0 Å². The third kappa shape index (κ3) is 3.75. The Hall–Kier alpha value is -3.01. The van der Waals surface area contributed by atoms with Gasteiger partial charge in [0.1, 0.15) is 11.5 Å². The van der Waals surface area contributed by atoms with Gasteiger partial charge in [-0.3, -0.25) is 4.90 Å². The Labute approximate surface area is 152 Å². The molecule has 0 spiro atoms. The van der Waals surface area contributed by atoms with Crippen LogP contribution in [0.1, 0.15) is 11.1 Å². The van der Waals surface area contributed by atoms with E-state index in [1.807, 2.05) is 0 Å². The van der Waals surface area contributed by atoms with Gasteiger partial charge in [-0.1, -0.05) is 24.3 Å². The van der Waals surface area contributed by atoms with E-state index in [4.69, 9.17) is 4.74 Å². The van der Waals surface area contributed by atoms with Gasteiger partial charge in [-0.15, -0.1) is 0 Å². The average molecular weight is 399 g/mol. The van der Waals surface area contributed by atoms with Gasteiger partial charge in [-0.25, -0.2) is 4.79 Å². The molecular formula is C17H12F3NO5S. The molecule has 0 fully saturated rings. The summed E-state index contributed by atoms with van der Waals surface area (Å²) in [6.07, 6.45) is 0.767. The number of hydrogen-bond donors (Lipinski definition) is 0. The van der Waals surface area contributed by atoms with E-state index in [0.717, 1.165) is 12.1 Å². The monoisotopic (exact) mass is 399 g/mol. The van der Waals surface area contributed by atoms with Crippen LogP contribution in [-0.2, 0) is 14.9 Å². The molecule has 27 heavy (non-hydrogen) atoms. The predicted octanol–water partition coefficient (Wildman–Crippen LogP) is 4.00. The average Bonchev–Trinajstić information content (AvgIpc) is 2.58. The number of ether oxygens (including phenoxy) is 1. The fourth-order valence-electron chi connectivity index (χ4n) is 2.38. The van der Waals surface area contributed by atoms with Crippen molar-refractivity contribution < 1.29 is 35.3 Å². The number of carbonyl (C=O) groups is 1. The lowest BCUT2D eigenvalue weighted by atomic mass is 10.1. The van der Waals surface area contributed by atoms with Gasteiger partial charge in [0, 0.05) is 12.6 Å². The minimum absolute atomic E-state index is 0.171. The number of amides is 1. The van der Waals surface area contributed by atoms with Crippen molar-refractivity contribution >= 4 is 33.7 Å². The number of rotatable bonds is 3. The molecular weight excluding hydrogens is 387 g/mol. The van der Waals surface area contributed by atoms with Crippen molar-refractivity contribution in [2.24, 2.45) is 0 Å². The first kappa shape index (κ1) is 18.8. The summed E-state index contributed by atoms with van der Waals surface area (Å²) < 4.78 is 68.9. The molecule has 0 radical (unpaired) electrons. The van der Waals surface area contributed by atoms with Gasteiger partial charge >= 0.3 is 21.7 Å². The van der Waals surface area contributed by atoms with Crippen molar-refractivity contribution in [1.82, 2.24) is 0 Å². The van der Waals surface area contributed by atoms with Gasteiger partial charge in [-0.05, 0) is 35.9 Å². The zero-order valence-corrected chi connectivity index (χ0v) is 14.5. The molecule has 1 aliphatic rings. The van der Waals surface area contributed by atoms with Crippen LogP contribution in [-0.4, -0.2) is 27.1 Å². The maximum absolute atomic E-state index is 12.5. The number of anilines is 1. The Balaban J connectivity index is 1.97. The van der Waals surface area contributed by atoms with Crippen LogP contribution >= 0.6 is 0 Å². The highest BCUT2D eigenvalue weighted by molar-refractivity contribution is 7.88. The fraction of sp³-hybridized carbons (Fsp3) is 0.118. The standard InChI is InChI=1S/C17H12F3NO5S/c1-21-14-8-3-2-7-13(14)15(25-16(21)22)10-11-5-4-6-12(9-11)26-27(23,24)17(18,19)20/h2-10H,1H3/b15-10-. The Kier molecular flexibility index (Phi) is 4.60. The molecule has 0 bridgehead atoms. The van der Waals surface area contributed by atoms with Gasteiger partial charge < -0.3 is 8.92 Å². The maximum atomic E-state index is 12.5. The van der Waals surface area contributed by atoms with Crippen LogP contribution in [0, 0.1) is 0 Å². The Morgan fingerprint density at radius 2 is 1.81 bits per heavy atom. The van der Waals surface area contributed by atoms with E-state index in [1.54, 1.807) is 24.3 Å². The van der Waals surface area contributed by atoms with Crippen molar-refractivity contribution in [1.29, 1.82) is 0 Å². The lowest BCUT2D eigenvalue weighted by Gasteiger charge is -2.26. The number of cyclic esters (lactones) is 1. The van der Waals surface area contributed by atoms with Crippen LogP contribution < -0.4 is 9.08 Å². The van der Waals surface area contributed by atoms with Crippen molar-refractivity contribution in [3.63, 3.8) is 0 Å². The molecule has 3 rings (SSSR count). The largest absolute Gasteiger partial charge is 0.534 e. The predicted molar refractivity (Wildman–Crippen MR) is 91.2 cm³/mol. The number of alkyl halides is 3. The highest BCUT2D eigenvalue weighted by Crippen LogP contribution is 2.34. The molecule has 0 unspecified atom stereocenters. The molecule has 0 saturated heterocycles. The normalized spacial score (nSPS) is 16.1. The minimum atomic E-state index is -5.78. The molecule has 2 aromatic rings. The Morgan fingerprint density at radius 1 is 1.11 bits per heavy atom. The van der Waals surface area contributed by atoms with E-state index < -0.39 is 27.5 Å². The van der Waals surface area contributed by atoms with E-state index in [1.165, 1.54) is 30.2 Å². The second kappa shape index (κ2) is 6.62. The van der Waals surface area contributed by atoms with Gasteiger partial charge in [0.2, 0.25) is 0 Å². The summed E-state index contributed by atoms with van der Waals surface area (Å²) in [6, 6.07) is 11.9. The maximum Gasteiger partial charge on any atom is 0.534 e. The first-order valence-corrected chi connectivity index (χ1v) is 8.87. The molecule has 1 amide bonds. The number of benzene rings is 2. The number of hydrogen-bond acceptors (Lipinski definition) is 5. The molecule has 0 aromatic heterocycles. The summed E-state index contributed by atoms with van der Waals surface area (Å²) in [5.74, 6) is -0.348. The number of halogens is 3. The first-order valence-electron chi connectivity index (χ1n) is 7.46. The zero-order chi connectivity index (χ0) is 19.8. The molecule has 0 saturated carbocycles. The van der Waals surface area contributed by atoms with E-state index >= 15 is 0 Å². The van der Waals surface area contributed by atoms with E-state index in [2.05, 4.69) is 4.18 Å². The van der Waals surface area contributed by atoms with Crippen LogP contribution in [0.5, 0.6) is 5.75 Å². The third-order valence-electron chi connectivity index (χ3n) is 3.65. The smallest absolute Gasteiger partial charge is 0.409 e. The Bertz CT molecular complexity index is 1030. The second-order valence-corrected chi connectivity index (χ2v) is 7.05. The summed E-state index contributed by atoms with van der Waals surface area (Å²) in [6.45, 7) is 0. The lowest BCUT2D eigenvalue weighted by molar-refractivity contribution is -0.0500. The summed E-state index contributed by atoms with van der Waals surface area (Å²) >= 11 is 0. The van der Waals surface area contributed by atoms with Crippen molar-refractivity contribution in [3.05, 3.63) is 59.7 Å². The van der Waals surface area contributed by atoms with Gasteiger partial charge in [0.15, 0.2) is 0 Å².